The fraction of sp³-hybridized carbons (Fsp3) is 0.318. The molecule has 29 heavy (non-hydrogen) atoms. The maximum atomic E-state index is 15.0. The van der Waals surface area contributed by atoms with Crippen LogP contribution < -0.4 is 10.2 Å². The highest BCUT2D eigenvalue weighted by molar-refractivity contribution is 5.95. The molecular formula is C22H21FN2O4. The molecule has 1 aliphatic carbocycles. The number of carbonyl (C=O) groups is 1. The van der Waals surface area contributed by atoms with Crippen molar-refractivity contribution >= 4 is 16.9 Å². The van der Waals surface area contributed by atoms with Gasteiger partial charge in [-0.15, -0.1) is 0 Å². The van der Waals surface area contributed by atoms with Gasteiger partial charge in [-0.05, 0) is 37.5 Å². The molecule has 1 aliphatic rings. The highest BCUT2D eigenvalue weighted by Gasteiger charge is 2.28. The van der Waals surface area contributed by atoms with Crippen LogP contribution in [0.5, 0.6) is 0 Å². The van der Waals surface area contributed by atoms with Crippen molar-refractivity contribution in [3.05, 3.63) is 68.7 Å². The molecule has 0 atom stereocenters. The molecule has 1 fully saturated rings. The van der Waals surface area contributed by atoms with Gasteiger partial charge in [0.25, 0.3) is 0 Å². The minimum atomic E-state index is -0.701. The first-order valence-electron chi connectivity index (χ1n) is 9.58. The molecule has 0 spiro atoms. The van der Waals surface area contributed by atoms with Crippen molar-refractivity contribution in [1.29, 1.82) is 0 Å². The summed E-state index contributed by atoms with van der Waals surface area (Å²) in [5.74, 6) is -1.28. The zero-order valence-corrected chi connectivity index (χ0v) is 16.5. The Bertz CT molecular complexity index is 1190. The third-order valence-electron chi connectivity index (χ3n) is 5.24. The summed E-state index contributed by atoms with van der Waals surface area (Å²) in [6.07, 6.45) is 3.37. The molecule has 1 aromatic carbocycles. The van der Waals surface area contributed by atoms with E-state index in [4.69, 9.17) is 4.74 Å². The summed E-state index contributed by atoms with van der Waals surface area (Å²) in [5, 5.41) is 12.1. The van der Waals surface area contributed by atoms with Crippen molar-refractivity contribution in [2.75, 3.05) is 6.61 Å². The van der Waals surface area contributed by atoms with E-state index in [0.717, 1.165) is 17.6 Å². The van der Waals surface area contributed by atoms with Gasteiger partial charge in [0.05, 0.1) is 12.1 Å². The van der Waals surface area contributed by atoms with Gasteiger partial charge in [-0.2, -0.15) is 4.73 Å². The second-order valence-corrected chi connectivity index (χ2v) is 7.40. The summed E-state index contributed by atoms with van der Waals surface area (Å²) in [4.78, 5) is 25.1. The minimum Gasteiger partial charge on any atom is -0.618 e. The van der Waals surface area contributed by atoms with Gasteiger partial charge in [0.15, 0.2) is 11.4 Å². The average Bonchev–Trinajstić information content (AvgIpc) is 3.51. The van der Waals surface area contributed by atoms with Crippen LogP contribution in [0.15, 0.2) is 35.3 Å². The van der Waals surface area contributed by atoms with Gasteiger partial charge < -0.3 is 14.5 Å². The van der Waals surface area contributed by atoms with Gasteiger partial charge in [-0.1, -0.05) is 0 Å². The van der Waals surface area contributed by atoms with Crippen LogP contribution in [0.3, 0.4) is 0 Å². The Labute approximate surface area is 166 Å². The van der Waals surface area contributed by atoms with Crippen molar-refractivity contribution in [2.24, 2.45) is 0 Å². The Balaban J connectivity index is 1.98. The molecule has 7 heteroatoms. The second-order valence-electron chi connectivity index (χ2n) is 7.40. The molecule has 0 saturated heterocycles. The summed E-state index contributed by atoms with van der Waals surface area (Å²) in [7, 11) is 0. The van der Waals surface area contributed by atoms with Crippen molar-refractivity contribution in [3.8, 4) is 11.1 Å². The molecule has 0 bridgehead atoms. The van der Waals surface area contributed by atoms with Crippen LogP contribution in [-0.2, 0) is 4.74 Å². The molecule has 2 heterocycles. The van der Waals surface area contributed by atoms with Gasteiger partial charge in [-0.25, -0.2) is 9.18 Å². The van der Waals surface area contributed by atoms with Crippen LogP contribution in [0.1, 0.15) is 47.6 Å². The number of nitrogens with zero attached hydrogens (tertiary/aromatic N) is 2. The summed E-state index contributed by atoms with van der Waals surface area (Å²) < 4.78 is 22.7. The lowest BCUT2D eigenvalue weighted by molar-refractivity contribution is -0.619. The zero-order valence-electron chi connectivity index (χ0n) is 16.5. The Morgan fingerprint density at radius 1 is 1.24 bits per heavy atom. The minimum absolute atomic E-state index is 0.0859. The van der Waals surface area contributed by atoms with E-state index in [-0.39, 0.29) is 23.6 Å². The van der Waals surface area contributed by atoms with E-state index in [9.17, 15) is 14.8 Å². The SMILES string of the molecule is CCOC(=O)c1cn(C2CC2)c2cc(-c3cc(C)[n+]([O-])c(C)c3)c(F)cc2c1=O. The lowest BCUT2D eigenvalue weighted by atomic mass is 10.0. The molecule has 0 aliphatic heterocycles. The topological polar surface area (TPSA) is 75.2 Å². The van der Waals surface area contributed by atoms with Gasteiger partial charge in [0.1, 0.15) is 11.4 Å². The Morgan fingerprint density at radius 3 is 2.48 bits per heavy atom. The van der Waals surface area contributed by atoms with Gasteiger partial charge in [0.2, 0.25) is 5.43 Å². The standard InChI is InChI=1S/C22H21FN2O4/c1-4-29-22(27)18-11-24(15-5-6-15)20-10-16(19(23)9-17(20)21(18)26)14-7-12(2)25(28)13(3)8-14/h7-11,15H,4-6H2,1-3H3. The van der Waals surface area contributed by atoms with Gasteiger partial charge >= 0.3 is 5.97 Å². The predicted molar refractivity (Wildman–Crippen MR) is 106 cm³/mol. The second kappa shape index (κ2) is 6.99. The van der Waals surface area contributed by atoms with Crippen molar-refractivity contribution in [3.63, 3.8) is 0 Å². The number of fused-ring (bicyclic) bond motifs is 1. The first-order chi connectivity index (χ1) is 13.8. The molecular weight excluding hydrogens is 375 g/mol. The first kappa shape index (κ1) is 19.1. The van der Waals surface area contributed by atoms with E-state index in [1.165, 1.54) is 12.3 Å². The Morgan fingerprint density at radius 2 is 1.90 bits per heavy atom. The van der Waals surface area contributed by atoms with E-state index in [1.807, 2.05) is 4.57 Å². The maximum Gasteiger partial charge on any atom is 0.343 e. The third kappa shape index (κ3) is 3.26. The summed E-state index contributed by atoms with van der Waals surface area (Å²) in [5.41, 5.74) is 1.72. The normalized spacial score (nSPS) is 13.7. The summed E-state index contributed by atoms with van der Waals surface area (Å²) >= 11 is 0. The van der Waals surface area contributed by atoms with E-state index in [1.54, 1.807) is 39.0 Å². The monoisotopic (exact) mass is 396 g/mol. The van der Waals surface area contributed by atoms with Crippen LogP contribution in [0.4, 0.5) is 4.39 Å². The molecule has 6 nitrogen and oxygen atoms in total. The van der Waals surface area contributed by atoms with Crippen LogP contribution in [0.25, 0.3) is 22.0 Å². The van der Waals surface area contributed by atoms with E-state index in [2.05, 4.69) is 0 Å². The van der Waals surface area contributed by atoms with Crippen LogP contribution >= 0.6 is 0 Å². The number of pyridine rings is 2. The Kier molecular flexibility index (Phi) is 4.61. The van der Waals surface area contributed by atoms with E-state index >= 15 is 4.39 Å². The highest BCUT2D eigenvalue weighted by Crippen LogP contribution is 2.38. The Hall–Kier alpha value is -3.22. The smallest absolute Gasteiger partial charge is 0.343 e. The quantitative estimate of drug-likeness (QED) is 0.384. The van der Waals surface area contributed by atoms with Gasteiger partial charge in [-0.3, -0.25) is 4.79 Å². The van der Waals surface area contributed by atoms with Crippen molar-refractivity contribution in [2.45, 2.75) is 39.7 Å². The summed E-state index contributed by atoms with van der Waals surface area (Å²) in [6, 6.07) is 6.21. The lowest BCUT2D eigenvalue weighted by Crippen LogP contribution is -2.33. The fourth-order valence-electron chi connectivity index (χ4n) is 3.64. The molecule has 0 amide bonds. The third-order valence-corrected chi connectivity index (χ3v) is 5.24. The molecule has 0 unspecified atom stereocenters. The van der Waals surface area contributed by atoms with Crippen molar-refractivity contribution in [1.82, 2.24) is 4.57 Å². The maximum absolute atomic E-state index is 15.0. The zero-order chi connectivity index (χ0) is 20.9. The predicted octanol–water partition coefficient (Wildman–Crippen LogP) is 3.57. The fourth-order valence-corrected chi connectivity index (χ4v) is 3.64. The highest BCUT2D eigenvalue weighted by atomic mass is 19.1. The number of benzene rings is 1. The molecule has 0 N–H and O–H groups in total. The molecule has 0 radical (unpaired) electrons. The number of aromatic nitrogens is 2. The number of esters is 1. The molecule has 1 saturated carbocycles. The molecule has 3 aromatic rings. The molecule has 4 rings (SSSR count). The number of hydrogen-bond acceptors (Lipinski definition) is 4. The number of carbonyl (C=O) groups excluding carboxylic acids is 1. The molecule has 2 aromatic heterocycles. The van der Waals surface area contributed by atoms with Crippen molar-refractivity contribution < 1.29 is 18.7 Å². The lowest BCUT2D eigenvalue weighted by Gasteiger charge is -2.15. The number of rotatable bonds is 4. The van der Waals surface area contributed by atoms with E-state index < -0.39 is 17.2 Å². The number of aryl methyl sites for hydroxylation is 2. The summed E-state index contributed by atoms with van der Waals surface area (Å²) in [6.45, 7) is 5.14. The number of hydrogen-bond donors (Lipinski definition) is 0. The van der Waals surface area contributed by atoms with E-state index in [0.29, 0.717) is 28.0 Å². The average molecular weight is 396 g/mol. The number of halogens is 1. The first-order valence-corrected chi connectivity index (χ1v) is 9.58. The van der Waals surface area contributed by atoms with Crippen LogP contribution in [0.2, 0.25) is 0 Å². The van der Waals surface area contributed by atoms with Gasteiger partial charge in [0, 0.05) is 49.2 Å². The van der Waals surface area contributed by atoms with Crippen LogP contribution in [-0.4, -0.2) is 17.1 Å². The van der Waals surface area contributed by atoms with Crippen LogP contribution in [0, 0.1) is 24.9 Å². The largest absolute Gasteiger partial charge is 0.618 e. The number of ether oxygens (including phenoxy) is 1. The molecule has 150 valence electrons.